The van der Waals surface area contributed by atoms with Crippen LogP contribution in [0, 0.1) is 0 Å². The number of aromatic nitrogens is 1. The standard InChI is InChI=1S/C12H12ClNO2S/c13-7-3-9-17(15,16)12-6-8-14-11-5-2-1-4-10(11)12/h1-2,4-6,8H,3,7,9H2. The number of hydrogen-bond acceptors (Lipinski definition) is 3. The third-order valence-corrected chi connectivity index (χ3v) is 4.61. The highest BCUT2D eigenvalue weighted by Crippen LogP contribution is 2.22. The maximum Gasteiger partial charge on any atom is 0.179 e. The Kier molecular flexibility index (Phi) is 3.64. The average Bonchev–Trinajstić information content (AvgIpc) is 2.36. The topological polar surface area (TPSA) is 47.0 Å². The molecule has 0 radical (unpaired) electrons. The lowest BCUT2D eigenvalue weighted by Gasteiger charge is -2.06. The number of hydrogen-bond donors (Lipinski definition) is 0. The van der Waals surface area contributed by atoms with E-state index in [-0.39, 0.29) is 5.75 Å². The van der Waals surface area contributed by atoms with Gasteiger partial charge in [0, 0.05) is 17.5 Å². The Labute approximate surface area is 105 Å². The Bertz CT molecular complexity index is 620. The van der Waals surface area contributed by atoms with Crippen LogP contribution in [0.4, 0.5) is 0 Å². The lowest BCUT2D eigenvalue weighted by atomic mass is 10.2. The van der Waals surface area contributed by atoms with Crippen LogP contribution in [0.15, 0.2) is 41.4 Å². The van der Waals surface area contributed by atoms with E-state index < -0.39 is 9.84 Å². The third-order valence-electron chi connectivity index (χ3n) is 2.49. The predicted octanol–water partition coefficient (Wildman–Crippen LogP) is 2.64. The highest BCUT2D eigenvalue weighted by atomic mass is 35.5. The second-order valence-corrected chi connectivity index (χ2v) is 6.14. The molecule has 5 heteroatoms. The molecule has 1 aromatic carbocycles. The molecule has 2 rings (SSSR count). The van der Waals surface area contributed by atoms with E-state index in [0.717, 1.165) is 0 Å². The smallest absolute Gasteiger partial charge is 0.179 e. The molecule has 0 fully saturated rings. The van der Waals surface area contributed by atoms with Crippen LogP contribution < -0.4 is 0 Å². The molecule has 17 heavy (non-hydrogen) atoms. The average molecular weight is 270 g/mol. The molecule has 0 unspecified atom stereocenters. The van der Waals surface area contributed by atoms with E-state index in [0.29, 0.717) is 28.1 Å². The van der Waals surface area contributed by atoms with Crippen molar-refractivity contribution in [2.24, 2.45) is 0 Å². The Morgan fingerprint density at radius 2 is 1.94 bits per heavy atom. The number of pyridine rings is 1. The van der Waals surface area contributed by atoms with Crippen LogP contribution in [0.1, 0.15) is 6.42 Å². The summed E-state index contributed by atoms with van der Waals surface area (Å²) in [6, 6.07) is 8.77. The van der Waals surface area contributed by atoms with Gasteiger partial charge >= 0.3 is 0 Å². The minimum atomic E-state index is -3.27. The van der Waals surface area contributed by atoms with E-state index in [1.807, 2.05) is 12.1 Å². The zero-order chi connectivity index (χ0) is 12.3. The number of nitrogens with zero attached hydrogens (tertiary/aromatic N) is 1. The number of fused-ring (bicyclic) bond motifs is 1. The summed E-state index contributed by atoms with van der Waals surface area (Å²) in [6.07, 6.45) is 1.98. The van der Waals surface area contributed by atoms with Crippen molar-refractivity contribution in [2.75, 3.05) is 11.6 Å². The van der Waals surface area contributed by atoms with Crippen molar-refractivity contribution in [1.29, 1.82) is 0 Å². The monoisotopic (exact) mass is 269 g/mol. The van der Waals surface area contributed by atoms with Gasteiger partial charge in [0.15, 0.2) is 9.84 Å². The molecule has 90 valence electrons. The van der Waals surface area contributed by atoms with Crippen molar-refractivity contribution in [3.05, 3.63) is 36.5 Å². The molecule has 0 N–H and O–H groups in total. The predicted molar refractivity (Wildman–Crippen MR) is 69.1 cm³/mol. The fourth-order valence-corrected chi connectivity index (χ4v) is 3.51. The summed E-state index contributed by atoms with van der Waals surface area (Å²) >= 11 is 5.54. The summed E-state index contributed by atoms with van der Waals surface area (Å²) in [5, 5.41) is 0.671. The van der Waals surface area contributed by atoms with Crippen molar-refractivity contribution in [2.45, 2.75) is 11.3 Å². The van der Waals surface area contributed by atoms with Gasteiger partial charge in [-0.1, -0.05) is 18.2 Å². The largest absolute Gasteiger partial charge is 0.256 e. The van der Waals surface area contributed by atoms with Crippen LogP contribution >= 0.6 is 11.6 Å². The Balaban J connectivity index is 2.55. The maximum atomic E-state index is 12.1. The minimum Gasteiger partial charge on any atom is -0.256 e. The zero-order valence-corrected chi connectivity index (χ0v) is 10.7. The number of sulfone groups is 1. The number of para-hydroxylation sites is 1. The second kappa shape index (κ2) is 5.02. The van der Waals surface area contributed by atoms with Gasteiger partial charge in [0.2, 0.25) is 0 Å². The molecular weight excluding hydrogens is 258 g/mol. The molecule has 0 amide bonds. The van der Waals surface area contributed by atoms with Gasteiger partial charge in [-0.3, -0.25) is 4.98 Å². The number of benzene rings is 1. The normalized spacial score (nSPS) is 11.8. The number of halogens is 1. The van der Waals surface area contributed by atoms with E-state index in [1.54, 1.807) is 18.2 Å². The van der Waals surface area contributed by atoms with Gasteiger partial charge in [-0.15, -0.1) is 11.6 Å². The lowest BCUT2D eigenvalue weighted by Crippen LogP contribution is -2.08. The molecule has 0 bridgehead atoms. The Morgan fingerprint density at radius 1 is 1.18 bits per heavy atom. The zero-order valence-electron chi connectivity index (χ0n) is 9.14. The summed E-state index contributed by atoms with van der Waals surface area (Å²) < 4.78 is 24.2. The summed E-state index contributed by atoms with van der Waals surface area (Å²) in [4.78, 5) is 4.49. The van der Waals surface area contributed by atoms with Crippen molar-refractivity contribution in [1.82, 2.24) is 4.98 Å². The number of alkyl halides is 1. The fourth-order valence-electron chi connectivity index (χ4n) is 1.70. The van der Waals surface area contributed by atoms with E-state index in [2.05, 4.69) is 4.98 Å². The van der Waals surface area contributed by atoms with E-state index >= 15 is 0 Å². The lowest BCUT2D eigenvalue weighted by molar-refractivity contribution is 0.595. The number of rotatable bonds is 4. The molecule has 0 saturated carbocycles. The van der Waals surface area contributed by atoms with Crippen LogP contribution in [0.25, 0.3) is 10.9 Å². The van der Waals surface area contributed by atoms with Gasteiger partial charge in [-0.05, 0) is 18.6 Å². The first kappa shape index (κ1) is 12.3. The van der Waals surface area contributed by atoms with Gasteiger partial charge in [0.25, 0.3) is 0 Å². The van der Waals surface area contributed by atoms with Crippen LogP contribution in [-0.4, -0.2) is 25.0 Å². The molecule has 0 aliphatic carbocycles. The summed E-state index contributed by atoms with van der Waals surface area (Å²) in [5.74, 6) is 0.423. The van der Waals surface area contributed by atoms with Gasteiger partial charge in [-0.2, -0.15) is 0 Å². The van der Waals surface area contributed by atoms with Crippen molar-refractivity contribution < 1.29 is 8.42 Å². The Morgan fingerprint density at radius 3 is 2.71 bits per heavy atom. The molecule has 1 aromatic heterocycles. The maximum absolute atomic E-state index is 12.1. The first-order valence-electron chi connectivity index (χ1n) is 5.27. The van der Waals surface area contributed by atoms with E-state index in [9.17, 15) is 8.42 Å². The molecule has 0 aliphatic heterocycles. The molecule has 0 aliphatic rings. The van der Waals surface area contributed by atoms with Crippen LogP contribution in [-0.2, 0) is 9.84 Å². The fraction of sp³-hybridized carbons (Fsp3) is 0.250. The van der Waals surface area contributed by atoms with Gasteiger partial charge < -0.3 is 0 Å². The Hall–Kier alpha value is -1.13. The molecule has 3 nitrogen and oxygen atoms in total. The van der Waals surface area contributed by atoms with Gasteiger partial charge in [-0.25, -0.2) is 8.42 Å². The molecule has 0 atom stereocenters. The van der Waals surface area contributed by atoms with Crippen LogP contribution in [0.3, 0.4) is 0 Å². The summed E-state index contributed by atoms with van der Waals surface area (Å²) in [7, 11) is -3.27. The van der Waals surface area contributed by atoms with Gasteiger partial charge in [0.1, 0.15) is 0 Å². The SMILES string of the molecule is O=S(=O)(CCCCl)c1ccnc2ccccc12. The minimum absolute atomic E-state index is 0.0739. The molecule has 1 heterocycles. The van der Waals surface area contributed by atoms with Crippen molar-refractivity contribution in [3.8, 4) is 0 Å². The van der Waals surface area contributed by atoms with Crippen LogP contribution in [0.5, 0.6) is 0 Å². The summed E-state index contributed by atoms with van der Waals surface area (Å²) in [6.45, 7) is 0. The van der Waals surface area contributed by atoms with Crippen molar-refractivity contribution in [3.63, 3.8) is 0 Å². The van der Waals surface area contributed by atoms with E-state index in [1.165, 1.54) is 6.20 Å². The van der Waals surface area contributed by atoms with Crippen LogP contribution in [0.2, 0.25) is 0 Å². The second-order valence-electron chi connectivity index (χ2n) is 3.69. The third kappa shape index (κ3) is 2.58. The molecular formula is C12H12ClNO2S. The van der Waals surface area contributed by atoms with Gasteiger partial charge in [0.05, 0.1) is 16.2 Å². The molecule has 0 saturated heterocycles. The quantitative estimate of drug-likeness (QED) is 0.802. The highest BCUT2D eigenvalue weighted by molar-refractivity contribution is 7.91. The highest BCUT2D eigenvalue weighted by Gasteiger charge is 2.16. The van der Waals surface area contributed by atoms with E-state index in [4.69, 9.17) is 11.6 Å². The first-order valence-corrected chi connectivity index (χ1v) is 7.46. The molecule has 0 spiro atoms. The summed E-state index contributed by atoms with van der Waals surface area (Å²) in [5.41, 5.74) is 0.694. The first-order chi connectivity index (χ1) is 8.15. The molecule has 2 aromatic rings. The van der Waals surface area contributed by atoms with Crippen molar-refractivity contribution >= 4 is 32.3 Å².